The summed E-state index contributed by atoms with van der Waals surface area (Å²) in [6.45, 7) is 5.35. The lowest BCUT2D eigenvalue weighted by atomic mass is 9.84. The number of aryl methyl sites for hydroxylation is 2. The van der Waals surface area contributed by atoms with Crippen molar-refractivity contribution in [2.75, 3.05) is 19.7 Å². The molecule has 2 atom stereocenters. The normalized spacial score (nSPS) is 19.1. The van der Waals surface area contributed by atoms with Crippen LogP contribution in [0.25, 0.3) is 22.4 Å². The standard InChI is InChI=1S/C28H32N6O5S/c1-4-7-21-25-26(32(3)31-21)28(36)30-27(29-25)20-13-19(10-11-23(20)39-5-2)40(37,38)33-14-17-12-18(16-33)22-8-6-9-24(35)34(22)15-17/h6,8-11,13,17-18H,4-5,7,12,14-16H2,1-3H3,(H,29,30,36). The Hall–Kier alpha value is -3.77. The summed E-state index contributed by atoms with van der Waals surface area (Å²) in [6, 6.07) is 9.88. The van der Waals surface area contributed by atoms with E-state index in [1.54, 1.807) is 29.8 Å². The topological polar surface area (TPSA) is 132 Å². The van der Waals surface area contributed by atoms with Crippen LogP contribution in [0.1, 0.15) is 44.0 Å². The third-order valence-electron chi connectivity index (χ3n) is 7.84. The number of hydrogen-bond acceptors (Lipinski definition) is 7. The van der Waals surface area contributed by atoms with Crippen molar-refractivity contribution in [3.05, 3.63) is 68.5 Å². The zero-order chi connectivity index (χ0) is 28.2. The third kappa shape index (κ3) is 4.35. The molecule has 40 heavy (non-hydrogen) atoms. The highest BCUT2D eigenvalue weighted by atomic mass is 32.2. The van der Waals surface area contributed by atoms with Gasteiger partial charge in [-0.05, 0) is 49.9 Å². The molecule has 4 aromatic rings. The predicted octanol–water partition coefficient (Wildman–Crippen LogP) is 2.64. The average molecular weight is 565 g/mol. The largest absolute Gasteiger partial charge is 0.493 e. The van der Waals surface area contributed by atoms with Gasteiger partial charge in [-0.3, -0.25) is 14.3 Å². The first-order chi connectivity index (χ1) is 19.2. The van der Waals surface area contributed by atoms with Crippen molar-refractivity contribution in [1.29, 1.82) is 0 Å². The van der Waals surface area contributed by atoms with Gasteiger partial charge in [0.05, 0.1) is 22.8 Å². The number of aromatic amines is 1. The number of benzene rings is 1. The van der Waals surface area contributed by atoms with Crippen molar-refractivity contribution in [1.82, 2.24) is 28.6 Å². The summed E-state index contributed by atoms with van der Waals surface area (Å²) in [7, 11) is -2.18. The fourth-order valence-electron chi connectivity index (χ4n) is 6.11. The summed E-state index contributed by atoms with van der Waals surface area (Å²) in [5.74, 6) is 0.647. The number of hydrogen-bond donors (Lipinski definition) is 1. The Balaban J connectivity index is 1.42. The Morgan fingerprint density at radius 3 is 2.70 bits per heavy atom. The van der Waals surface area contributed by atoms with Gasteiger partial charge in [0, 0.05) is 44.4 Å². The van der Waals surface area contributed by atoms with Crippen molar-refractivity contribution >= 4 is 21.1 Å². The Morgan fingerprint density at radius 2 is 1.93 bits per heavy atom. The van der Waals surface area contributed by atoms with Gasteiger partial charge in [0.25, 0.3) is 11.1 Å². The maximum atomic E-state index is 14.0. The summed E-state index contributed by atoms with van der Waals surface area (Å²) in [5.41, 5.74) is 2.45. The molecule has 0 amide bonds. The van der Waals surface area contributed by atoms with E-state index in [0.717, 1.165) is 18.5 Å². The molecule has 11 nitrogen and oxygen atoms in total. The minimum atomic E-state index is -3.89. The van der Waals surface area contributed by atoms with Crippen LogP contribution in [0.5, 0.6) is 5.75 Å². The van der Waals surface area contributed by atoms with E-state index in [0.29, 0.717) is 60.7 Å². The van der Waals surface area contributed by atoms with Gasteiger partial charge < -0.3 is 14.3 Å². The van der Waals surface area contributed by atoms with Crippen LogP contribution in [0.15, 0.2) is 50.9 Å². The van der Waals surface area contributed by atoms with Gasteiger partial charge >= 0.3 is 0 Å². The molecule has 0 saturated carbocycles. The molecule has 3 aromatic heterocycles. The SMILES string of the molecule is CCCc1nn(C)c2c(=O)[nH]c(-c3cc(S(=O)(=O)N4CC5CC(C4)c4cccc(=O)n4C5)ccc3OCC)nc12. The maximum absolute atomic E-state index is 14.0. The van der Waals surface area contributed by atoms with Gasteiger partial charge in [0.15, 0.2) is 5.52 Å². The van der Waals surface area contributed by atoms with E-state index in [2.05, 4.69) is 10.1 Å². The number of pyridine rings is 1. The number of sulfonamides is 1. The molecular formula is C28H32N6O5S. The third-order valence-corrected chi connectivity index (χ3v) is 9.67. The van der Waals surface area contributed by atoms with Crippen molar-refractivity contribution in [3.63, 3.8) is 0 Å². The maximum Gasteiger partial charge on any atom is 0.277 e. The van der Waals surface area contributed by atoms with Gasteiger partial charge in [-0.25, -0.2) is 13.4 Å². The first kappa shape index (κ1) is 26.5. The van der Waals surface area contributed by atoms with E-state index in [1.165, 1.54) is 21.1 Å². The summed E-state index contributed by atoms with van der Waals surface area (Å²) < 4.78 is 38.6. The van der Waals surface area contributed by atoms with E-state index < -0.39 is 10.0 Å². The number of fused-ring (bicyclic) bond motifs is 5. The molecule has 1 N–H and O–H groups in total. The molecule has 1 aromatic carbocycles. The quantitative estimate of drug-likeness (QED) is 0.365. The lowest BCUT2D eigenvalue weighted by molar-refractivity contribution is 0.186. The first-order valence-corrected chi connectivity index (χ1v) is 15.1. The molecule has 12 heteroatoms. The highest BCUT2D eigenvalue weighted by Gasteiger charge is 2.39. The highest BCUT2D eigenvalue weighted by molar-refractivity contribution is 7.89. The zero-order valence-corrected chi connectivity index (χ0v) is 23.6. The van der Waals surface area contributed by atoms with E-state index in [1.807, 2.05) is 19.9 Å². The number of H-pyrrole nitrogens is 1. The minimum Gasteiger partial charge on any atom is -0.493 e. The molecule has 2 bridgehead atoms. The monoisotopic (exact) mass is 564 g/mol. The number of aromatic nitrogens is 5. The molecule has 2 aliphatic rings. The number of ether oxygens (including phenoxy) is 1. The smallest absolute Gasteiger partial charge is 0.277 e. The molecule has 0 aliphatic carbocycles. The molecule has 2 aliphatic heterocycles. The second kappa shape index (κ2) is 10.0. The molecule has 1 saturated heterocycles. The van der Waals surface area contributed by atoms with Crippen molar-refractivity contribution in [2.24, 2.45) is 13.0 Å². The Kier molecular flexibility index (Phi) is 6.62. The van der Waals surface area contributed by atoms with Gasteiger partial charge in [-0.1, -0.05) is 19.4 Å². The number of nitrogens with one attached hydrogen (secondary N) is 1. The number of nitrogens with zero attached hydrogens (tertiary/aromatic N) is 5. The van der Waals surface area contributed by atoms with Crippen LogP contribution in [-0.2, 0) is 30.0 Å². The van der Waals surface area contributed by atoms with E-state index >= 15 is 0 Å². The molecule has 0 spiro atoms. The molecule has 5 heterocycles. The van der Waals surface area contributed by atoms with Crippen molar-refractivity contribution in [2.45, 2.75) is 50.5 Å². The Labute approximate surface area is 231 Å². The summed E-state index contributed by atoms with van der Waals surface area (Å²) >= 11 is 0. The van der Waals surface area contributed by atoms with Crippen LogP contribution < -0.4 is 15.9 Å². The van der Waals surface area contributed by atoms with Crippen LogP contribution in [0.3, 0.4) is 0 Å². The van der Waals surface area contributed by atoms with Gasteiger partial charge in [-0.15, -0.1) is 0 Å². The molecule has 0 radical (unpaired) electrons. The van der Waals surface area contributed by atoms with E-state index in [4.69, 9.17) is 9.72 Å². The van der Waals surface area contributed by atoms with Gasteiger partial charge in [-0.2, -0.15) is 9.40 Å². The average Bonchev–Trinajstić information content (AvgIpc) is 3.25. The summed E-state index contributed by atoms with van der Waals surface area (Å²) in [6.07, 6.45) is 2.34. The number of rotatable bonds is 7. The van der Waals surface area contributed by atoms with E-state index in [-0.39, 0.29) is 33.7 Å². The minimum absolute atomic E-state index is 0.0474. The van der Waals surface area contributed by atoms with Crippen LogP contribution in [0.4, 0.5) is 0 Å². The van der Waals surface area contributed by atoms with Gasteiger partial charge in [0.2, 0.25) is 10.0 Å². The molecule has 2 unspecified atom stereocenters. The van der Waals surface area contributed by atoms with E-state index in [9.17, 15) is 18.0 Å². The second-order valence-electron chi connectivity index (χ2n) is 10.5. The molecular weight excluding hydrogens is 532 g/mol. The summed E-state index contributed by atoms with van der Waals surface area (Å²) in [5, 5.41) is 4.48. The van der Waals surface area contributed by atoms with Crippen LogP contribution in [-0.4, -0.2) is 56.7 Å². The van der Waals surface area contributed by atoms with Gasteiger partial charge in [0.1, 0.15) is 17.1 Å². The molecule has 1 fully saturated rings. The lowest BCUT2D eigenvalue weighted by Crippen LogP contribution is -2.49. The molecule has 6 rings (SSSR count). The van der Waals surface area contributed by atoms with Crippen LogP contribution in [0.2, 0.25) is 0 Å². The Morgan fingerprint density at radius 1 is 1.10 bits per heavy atom. The fraction of sp³-hybridized carbons (Fsp3) is 0.429. The molecule has 210 valence electrons. The summed E-state index contributed by atoms with van der Waals surface area (Å²) in [4.78, 5) is 33.2. The fourth-order valence-corrected chi connectivity index (χ4v) is 7.70. The first-order valence-electron chi connectivity index (χ1n) is 13.6. The second-order valence-corrected chi connectivity index (χ2v) is 12.5. The van der Waals surface area contributed by atoms with Crippen LogP contribution in [0, 0.1) is 5.92 Å². The highest BCUT2D eigenvalue weighted by Crippen LogP contribution is 2.38. The van der Waals surface area contributed by atoms with Crippen LogP contribution >= 0.6 is 0 Å². The number of piperidine rings is 1. The Bertz CT molecular complexity index is 1840. The lowest BCUT2D eigenvalue weighted by Gasteiger charge is -2.42. The predicted molar refractivity (Wildman–Crippen MR) is 150 cm³/mol. The van der Waals surface area contributed by atoms with Crippen molar-refractivity contribution in [3.8, 4) is 17.1 Å². The zero-order valence-electron chi connectivity index (χ0n) is 22.8. The van der Waals surface area contributed by atoms with Crippen molar-refractivity contribution < 1.29 is 13.2 Å².